The average Bonchev–Trinajstić information content (AvgIpc) is 2.71. The second-order valence-electron chi connectivity index (χ2n) is 7.09. The molecule has 3 rings (SSSR count). The van der Waals surface area contributed by atoms with Crippen LogP contribution in [0.3, 0.4) is 0 Å². The molecule has 0 aliphatic rings. The Morgan fingerprint density at radius 2 is 1.80 bits per heavy atom. The maximum absolute atomic E-state index is 13.8. The number of nitrogens with zero attached hydrogens (tertiary/aromatic N) is 1. The maximum atomic E-state index is 13.8. The number of esters is 1. The molecule has 0 unspecified atom stereocenters. The van der Waals surface area contributed by atoms with E-state index < -0.39 is 34.9 Å². The maximum Gasteiger partial charge on any atom is 0.417 e. The Balaban J connectivity index is 2.30. The summed E-state index contributed by atoms with van der Waals surface area (Å²) in [5.41, 5.74) is 4.80. The molecule has 1 aromatic heterocycles. The summed E-state index contributed by atoms with van der Waals surface area (Å²) < 4.78 is 47.2. The number of aromatic nitrogens is 1. The number of carbonyl (C=O) groups is 1. The molecule has 0 aliphatic carbocycles. The number of aryl methyl sites for hydroxylation is 1. The predicted molar refractivity (Wildman–Crippen MR) is 108 cm³/mol. The molecule has 1 atom stereocenters. The van der Waals surface area contributed by atoms with Gasteiger partial charge < -0.3 is 15.0 Å². The Labute approximate surface area is 170 Å². The minimum absolute atomic E-state index is 0.144. The number of methoxy groups -OCH3 is 1. The summed E-state index contributed by atoms with van der Waals surface area (Å²) in [6, 6.07) is 9.93. The van der Waals surface area contributed by atoms with Crippen molar-refractivity contribution >= 4 is 16.7 Å². The van der Waals surface area contributed by atoms with Gasteiger partial charge in [-0.1, -0.05) is 36.4 Å². The van der Waals surface area contributed by atoms with E-state index in [0.717, 1.165) is 6.07 Å². The highest BCUT2D eigenvalue weighted by Gasteiger charge is 2.36. The number of carbonyl (C=O) groups excluding carboxylic acids is 1. The van der Waals surface area contributed by atoms with Crippen LogP contribution in [0.15, 0.2) is 47.3 Å². The molecule has 0 aliphatic heterocycles. The summed E-state index contributed by atoms with van der Waals surface area (Å²) in [4.78, 5) is 24.6. The first kappa shape index (κ1) is 21.6. The van der Waals surface area contributed by atoms with Crippen LogP contribution in [0.2, 0.25) is 0 Å². The van der Waals surface area contributed by atoms with Crippen LogP contribution in [-0.2, 0) is 29.2 Å². The number of nitrogens with two attached hydrogens (primary N) is 1. The molecular formula is C22H21F3N2O3. The Morgan fingerprint density at radius 3 is 2.40 bits per heavy atom. The van der Waals surface area contributed by atoms with Gasteiger partial charge in [-0.3, -0.25) is 9.59 Å². The highest BCUT2D eigenvalue weighted by atomic mass is 19.4. The van der Waals surface area contributed by atoms with Crippen molar-refractivity contribution in [2.45, 2.75) is 25.6 Å². The zero-order valence-corrected chi connectivity index (χ0v) is 16.7. The van der Waals surface area contributed by atoms with Gasteiger partial charge in [-0.25, -0.2) is 0 Å². The summed E-state index contributed by atoms with van der Waals surface area (Å²) in [5, 5.41) is 1.09. The Kier molecular flexibility index (Phi) is 5.72. The average molecular weight is 418 g/mol. The number of hydrogen-bond donors (Lipinski definition) is 1. The lowest BCUT2D eigenvalue weighted by Crippen LogP contribution is -2.33. The minimum atomic E-state index is -4.69. The van der Waals surface area contributed by atoms with Crippen molar-refractivity contribution in [3.8, 4) is 11.1 Å². The van der Waals surface area contributed by atoms with E-state index in [4.69, 9.17) is 5.73 Å². The summed E-state index contributed by atoms with van der Waals surface area (Å²) in [6.07, 6.45) is -4.55. The molecule has 0 saturated carbocycles. The van der Waals surface area contributed by atoms with E-state index in [1.54, 1.807) is 30.3 Å². The van der Waals surface area contributed by atoms with Crippen molar-refractivity contribution in [2.24, 2.45) is 12.8 Å². The molecule has 158 valence electrons. The number of ether oxygens (including phenoxy) is 1. The van der Waals surface area contributed by atoms with Crippen molar-refractivity contribution in [1.29, 1.82) is 0 Å². The minimum Gasteiger partial charge on any atom is -0.468 e. The monoisotopic (exact) mass is 418 g/mol. The van der Waals surface area contributed by atoms with Crippen LogP contribution in [0, 0.1) is 6.92 Å². The van der Waals surface area contributed by atoms with E-state index in [1.165, 1.54) is 31.7 Å². The van der Waals surface area contributed by atoms with Crippen LogP contribution in [0.25, 0.3) is 21.9 Å². The number of pyridine rings is 1. The van der Waals surface area contributed by atoms with Crippen molar-refractivity contribution in [1.82, 2.24) is 4.57 Å². The summed E-state index contributed by atoms with van der Waals surface area (Å²) in [7, 11) is 2.67. The summed E-state index contributed by atoms with van der Waals surface area (Å²) in [5.74, 6) is -0.588. The number of benzene rings is 2. The van der Waals surface area contributed by atoms with E-state index in [2.05, 4.69) is 4.74 Å². The molecule has 5 nitrogen and oxygen atoms in total. The Bertz CT molecular complexity index is 1180. The van der Waals surface area contributed by atoms with Crippen LogP contribution in [0.1, 0.15) is 16.8 Å². The van der Waals surface area contributed by atoms with Crippen LogP contribution < -0.4 is 11.3 Å². The van der Waals surface area contributed by atoms with Crippen LogP contribution in [-0.4, -0.2) is 23.7 Å². The van der Waals surface area contributed by atoms with Gasteiger partial charge in [0.25, 0.3) is 5.56 Å². The largest absolute Gasteiger partial charge is 0.468 e. The number of hydrogen-bond acceptors (Lipinski definition) is 4. The first-order valence-electron chi connectivity index (χ1n) is 9.18. The van der Waals surface area contributed by atoms with Gasteiger partial charge >= 0.3 is 12.1 Å². The number of fused-ring (bicyclic) bond motifs is 1. The third-order valence-electron chi connectivity index (χ3n) is 5.20. The van der Waals surface area contributed by atoms with Gasteiger partial charge in [-0.05, 0) is 41.3 Å². The molecule has 3 aromatic rings. The lowest BCUT2D eigenvalue weighted by Gasteiger charge is -2.18. The first-order valence-corrected chi connectivity index (χ1v) is 9.18. The van der Waals surface area contributed by atoms with Gasteiger partial charge in [0.15, 0.2) is 0 Å². The molecule has 30 heavy (non-hydrogen) atoms. The highest BCUT2D eigenvalue weighted by Crippen LogP contribution is 2.39. The van der Waals surface area contributed by atoms with Gasteiger partial charge in [0, 0.05) is 12.7 Å². The lowest BCUT2D eigenvalue weighted by atomic mass is 9.91. The molecule has 0 fully saturated rings. The van der Waals surface area contributed by atoms with Crippen molar-refractivity contribution < 1.29 is 22.7 Å². The van der Waals surface area contributed by atoms with Crippen LogP contribution in [0.5, 0.6) is 0 Å². The standard InChI is InChI=1S/C22H21F3N2O3/c1-12-10-17(22(23,24)25)19(20(28)27(12)2)16-9-8-13(11-18(26)21(29)30-3)14-6-4-5-7-15(14)16/h4-10,18H,11,26H2,1-3H3/t18-/m0/s1. The molecule has 0 saturated heterocycles. The SMILES string of the molecule is COC(=O)[C@@H](N)Cc1ccc(-c2c(C(F)(F)F)cc(C)n(C)c2=O)c2ccccc12. The third-order valence-corrected chi connectivity index (χ3v) is 5.20. The van der Waals surface area contributed by atoms with E-state index in [1.807, 2.05) is 0 Å². The molecule has 2 aromatic carbocycles. The number of alkyl halides is 3. The van der Waals surface area contributed by atoms with E-state index in [9.17, 15) is 22.8 Å². The van der Waals surface area contributed by atoms with Gasteiger partial charge in [0.1, 0.15) is 6.04 Å². The Hall–Kier alpha value is -3.13. The molecular weight excluding hydrogens is 397 g/mol. The molecule has 0 radical (unpaired) electrons. The fraction of sp³-hybridized carbons (Fsp3) is 0.273. The predicted octanol–water partition coefficient (Wildman–Crippen LogP) is 3.58. The molecule has 8 heteroatoms. The quantitative estimate of drug-likeness (QED) is 0.658. The molecule has 0 spiro atoms. The molecule has 0 amide bonds. The van der Waals surface area contributed by atoms with E-state index >= 15 is 0 Å². The van der Waals surface area contributed by atoms with Gasteiger partial charge in [-0.15, -0.1) is 0 Å². The van der Waals surface area contributed by atoms with Crippen LogP contribution in [0.4, 0.5) is 13.2 Å². The summed E-state index contributed by atoms with van der Waals surface area (Å²) in [6.45, 7) is 1.45. The van der Waals surface area contributed by atoms with E-state index in [0.29, 0.717) is 16.3 Å². The zero-order valence-electron chi connectivity index (χ0n) is 16.7. The molecule has 0 bridgehead atoms. The fourth-order valence-electron chi connectivity index (χ4n) is 3.53. The van der Waals surface area contributed by atoms with Gasteiger partial charge in [0.2, 0.25) is 0 Å². The second kappa shape index (κ2) is 7.95. The lowest BCUT2D eigenvalue weighted by molar-refractivity contribution is -0.142. The zero-order chi connectivity index (χ0) is 22.2. The first-order chi connectivity index (χ1) is 14.1. The summed E-state index contributed by atoms with van der Waals surface area (Å²) >= 11 is 0. The molecule has 2 N–H and O–H groups in total. The third kappa shape index (κ3) is 3.82. The smallest absolute Gasteiger partial charge is 0.417 e. The van der Waals surface area contributed by atoms with Gasteiger partial charge in [-0.2, -0.15) is 13.2 Å². The van der Waals surface area contributed by atoms with Crippen LogP contribution >= 0.6 is 0 Å². The van der Waals surface area contributed by atoms with Crippen molar-refractivity contribution in [2.75, 3.05) is 7.11 Å². The van der Waals surface area contributed by atoms with Gasteiger partial charge in [0.05, 0.1) is 18.2 Å². The normalized spacial score (nSPS) is 12.8. The number of halogens is 3. The number of rotatable bonds is 4. The molecule has 1 heterocycles. The van der Waals surface area contributed by atoms with E-state index in [-0.39, 0.29) is 17.7 Å². The second-order valence-corrected chi connectivity index (χ2v) is 7.09. The highest BCUT2D eigenvalue weighted by molar-refractivity contribution is 5.99. The van der Waals surface area contributed by atoms with Crippen molar-refractivity contribution in [3.05, 3.63) is 69.6 Å². The Morgan fingerprint density at radius 1 is 1.17 bits per heavy atom. The topological polar surface area (TPSA) is 74.3 Å². The fourth-order valence-corrected chi connectivity index (χ4v) is 3.53. The van der Waals surface area contributed by atoms with Crippen molar-refractivity contribution in [3.63, 3.8) is 0 Å².